The molecule has 0 amide bonds. The highest BCUT2D eigenvalue weighted by molar-refractivity contribution is 5.69. The van der Waals surface area contributed by atoms with Gasteiger partial charge < -0.3 is 14.8 Å². The summed E-state index contributed by atoms with van der Waals surface area (Å²) in [5, 5.41) is 3.30. The van der Waals surface area contributed by atoms with E-state index in [9.17, 15) is 4.79 Å². The molecule has 1 aromatic rings. The van der Waals surface area contributed by atoms with Crippen LogP contribution in [0.25, 0.3) is 0 Å². The van der Waals surface area contributed by atoms with Gasteiger partial charge in [-0.1, -0.05) is 6.92 Å². The van der Waals surface area contributed by atoms with E-state index >= 15 is 0 Å². The van der Waals surface area contributed by atoms with E-state index in [2.05, 4.69) is 22.0 Å². The van der Waals surface area contributed by atoms with Crippen LogP contribution in [0.3, 0.4) is 0 Å². The molecule has 19 heavy (non-hydrogen) atoms. The molecule has 5 nitrogen and oxygen atoms in total. The third kappa shape index (κ3) is 5.70. The Balaban J connectivity index is 2.57. The quantitative estimate of drug-likeness (QED) is 0.574. The number of ether oxygens (including phenoxy) is 2. The highest BCUT2D eigenvalue weighted by atomic mass is 16.5. The first-order valence-corrected chi connectivity index (χ1v) is 6.54. The van der Waals surface area contributed by atoms with Gasteiger partial charge in [-0.15, -0.1) is 0 Å². The van der Waals surface area contributed by atoms with Crippen LogP contribution in [0, 0.1) is 6.92 Å². The Kier molecular flexibility index (Phi) is 6.89. The fraction of sp³-hybridized carbons (Fsp3) is 0.571. The topological polar surface area (TPSA) is 60.5 Å². The van der Waals surface area contributed by atoms with Crippen LogP contribution in [0.4, 0.5) is 0 Å². The second-order valence-corrected chi connectivity index (χ2v) is 4.25. The Morgan fingerprint density at radius 3 is 2.89 bits per heavy atom. The maximum atomic E-state index is 11.0. The molecule has 0 saturated carbocycles. The maximum absolute atomic E-state index is 11.0. The van der Waals surface area contributed by atoms with Crippen molar-refractivity contribution in [2.45, 2.75) is 33.2 Å². The van der Waals surface area contributed by atoms with Crippen molar-refractivity contribution in [3.8, 4) is 5.75 Å². The van der Waals surface area contributed by atoms with Crippen LogP contribution in [0.2, 0.25) is 0 Å². The van der Waals surface area contributed by atoms with Crippen molar-refractivity contribution in [2.24, 2.45) is 0 Å². The van der Waals surface area contributed by atoms with Crippen LogP contribution in [0.5, 0.6) is 5.75 Å². The van der Waals surface area contributed by atoms with E-state index < -0.39 is 0 Å². The number of hydrogen-bond acceptors (Lipinski definition) is 5. The van der Waals surface area contributed by atoms with E-state index in [4.69, 9.17) is 4.74 Å². The number of nitrogens with one attached hydrogen (secondary N) is 1. The summed E-state index contributed by atoms with van der Waals surface area (Å²) in [5.41, 5.74) is 1.83. The number of carbonyl (C=O) groups is 1. The second-order valence-electron chi connectivity index (χ2n) is 4.25. The molecule has 0 unspecified atom stereocenters. The number of nitrogens with zero attached hydrogens (tertiary/aromatic N) is 1. The lowest BCUT2D eigenvalue weighted by molar-refractivity contribution is -0.141. The number of hydrogen-bond donors (Lipinski definition) is 1. The number of carbonyl (C=O) groups excluding carboxylic acids is 1. The lowest BCUT2D eigenvalue weighted by Gasteiger charge is -2.11. The van der Waals surface area contributed by atoms with Crippen molar-refractivity contribution >= 4 is 5.97 Å². The first-order chi connectivity index (χ1) is 9.17. The molecule has 0 aliphatic carbocycles. The number of aromatic nitrogens is 1. The van der Waals surface area contributed by atoms with Gasteiger partial charge in [-0.3, -0.25) is 9.78 Å². The summed E-state index contributed by atoms with van der Waals surface area (Å²) in [6.07, 6.45) is 1.32. The number of aryl methyl sites for hydroxylation is 1. The van der Waals surface area contributed by atoms with E-state index in [0.717, 1.165) is 30.1 Å². The molecule has 0 aliphatic rings. The van der Waals surface area contributed by atoms with Gasteiger partial charge in [-0.2, -0.15) is 0 Å². The Morgan fingerprint density at radius 2 is 2.21 bits per heavy atom. The average molecular weight is 266 g/mol. The van der Waals surface area contributed by atoms with E-state index in [1.54, 1.807) is 0 Å². The smallest absolute Gasteiger partial charge is 0.308 e. The van der Waals surface area contributed by atoms with Crippen molar-refractivity contribution in [1.82, 2.24) is 10.3 Å². The molecule has 0 aromatic carbocycles. The molecule has 1 rings (SSSR count). The van der Waals surface area contributed by atoms with Crippen LogP contribution < -0.4 is 10.1 Å². The zero-order valence-corrected chi connectivity index (χ0v) is 11.9. The minimum absolute atomic E-state index is 0.242. The predicted octanol–water partition coefficient (Wildman–Crippen LogP) is 1.83. The maximum Gasteiger partial charge on any atom is 0.308 e. The molecule has 0 spiro atoms. The van der Waals surface area contributed by atoms with Crippen molar-refractivity contribution in [3.63, 3.8) is 0 Å². The summed E-state index contributed by atoms with van der Waals surface area (Å²) >= 11 is 0. The van der Waals surface area contributed by atoms with Gasteiger partial charge in [0.05, 0.1) is 25.8 Å². The Hall–Kier alpha value is -1.62. The van der Waals surface area contributed by atoms with Crippen molar-refractivity contribution in [3.05, 3.63) is 23.5 Å². The summed E-state index contributed by atoms with van der Waals surface area (Å²) in [5.74, 6) is 0.448. The lowest BCUT2D eigenvalue weighted by Crippen LogP contribution is -2.16. The monoisotopic (exact) mass is 266 g/mol. The van der Waals surface area contributed by atoms with Gasteiger partial charge in [-0.25, -0.2) is 0 Å². The van der Waals surface area contributed by atoms with Crippen molar-refractivity contribution in [2.75, 3.05) is 20.3 Å². The fourth-order valence-electron chi connectivity index (χ4n) is 1.59. The second kappa shape index (κ2) is 8.48. The highest BCUT2D eigenvalue weighted by Crippen LogP contribution is 2.17. The first-order valence-electron chi connectivity index (χ1n) is 6.54. The highest BCUT2D eigenvalue weighted by Gasteiger charge is 2.07. The van der Waals surface area contributed by atoms with Crippen LogP contribution in [-0.2, 0) is 16.1 Å². The summed E-state index contributed by atoms with van der Waals surface area (Å²) in [7, 11) is 1.37. The minimum Gasteiger partial charge on any atom is -0.491 e. The molecule has 1 heterocycles. The molecule has 0 atom stereocenters. The molecular weight excluding hydrogens is 244 g/mol. The first kappa shape index (κ1) is 15.4. The predicted molar refractivity (Wildman–Crippen MR) is 73.1 cm³/mol. The fourth-order valence-corrected chi connectivity index (χ4v) is 1.59. The van der Waals surface area contributed by atoms with Crippen molar-refractivity contribution in [1.29, 1.82) is 0 Å². The van der Waals surface area contributed by atoms with E-state index in [0.29, 0.717) is 13.2 Å². The molecular formula is C14H22N2O3. The normalized spacial score (nSPS) is 10.3. The van der Waals surface area contributed by atoms with Crippen LogP contribution >= 0.6 is 0 Å². The SMILES string of the molecule is CCCNCc1nc(C)ccc1OCCC(=O)OC. The Labute approximate surface area is 114 Å². The van der Waals surface area contributed by atoms with Gasteiger partial charge in [-0.05, 0) is 32.0 Å². The zero-order chi connectivity index (χ0) is 14.1. The van der Waals surface area contributed by atoms with Gasteiger partial charge in [0.1, 0.15) is 5.75 Å². The number of esters is 1. The summed E-state index contributed by atoms with van der Waals surface area (Å²) in [6.45, 7) is 5.98. The average Bonchev–Trinajstić information content (AvgIpc) is 2.41. The molecule has 0 aliphatic heterocycles. The zero-order valence-electron chi connectivity index (χ0n) is 11.9. The molecule has 0 bridgehead atoms. The number of methoxy groups -OCH3 is 1. The molecule has 5 heteroatoms. The molecule has 0 saturated heterocycles. The third-order valence-electron chi connectivity index (χ3n) is 2.58. The Morgan fingerprint density at radius 1 is 1.42 bits per heavy atom. The molecule has 1 N–H and O–H groups in total. The molecule has 0 fully saturated rings. The summed E-state index contributed by atoms with van der Waals surface area (Å²) in [6, 6.07) is 3.79. The number of rotatable bonds is 8. The third-order valence-corrected chi connectivity index (χ3v) is 2.58. The van der Waals surface area contributed by atoms with E-state index in [1.807, 2.05) is 19.1 Å². The van der Waals surface area contributed by atoms with Gasteiger partial charge in [0.25, 0.3) is 0 Å². The molecule has 0 radical (unpaired) electrons. The van der Waals surface area contributed by atoms with E-state index in [-0.39, 0.29) is 12.4 Å². The molecule has 106 valence electrons. The standard InChI is InChI=1S/C14H22N2O3/c1-4-8-15-10-12-13(6-5-11(2)16-12)19-9-7-14(17)18-3/h5-6,15H,4,7-10H2,1-3H3. The van der Waals surface area contributed by atoms with Crippen LogP contribution in [0.15, 0.2) is 12.1 Å². The van der Waals surface area contributed by atoms with Crippen LogP contribution in [0.1, 0.15) is 31.2 Å². The van der Waals surface area contributed by atoms with Crippen molar-refractivity contribution < 1.29 is 14.3 Å². The van der Waals surface area contributed by atoms with Gasteiger partial charge in [0.2, 0.25) is 0 Å². The molecule has 1 aromatic heterocycles. The van der Waals surface area contributed by atoms with Gasteiger partial charge in [0.15, 0.2) is 0 Å². The minimum atomic E-state index is -0.272. The summed E-state index contributed by atoms with van der Waals surface area (Å²) < 4.78 is 10.2. The van der Waals surface area contributed by atoms with Gasteiger partial charge in [0, 0.05) is 12.2 Å². The van der Waals surface area contributed by atoms with Gasteiger partial charge >= 0.3 is 5.97 Å². The number of pyridine rings is 1. The Bertz CT molecular complexity index is 408. The summed E-state index contributed by atoms with van der Waals surface area (Å²) in [4.78, 5) is 15.5. The van der Waals surface area contributed by atoms with E-state index in [1.165, 1.54) is 7.11 Å². The van der Waals surface area contributed by atoms with Crippen LogP contribution in [-0.4, -0.2) is 31.2 Å². The lowest BCUT2D eigenvalue weighted by atomic mass is 10.2. The largest absolute Gasteiger partial charge is 0.491 e.